The van der Waals surface area contributed by atoms with Gasteiger partial charge in [0.1, 0.15) is 11.7 Å². The van der Waals surface area contributed by atoms with Crippen LogP contribution in [0.1, 0.15) is 206 Å². The molecule has 1 atom stereocenters. The zero-order valence-corrected chi connectivity index (χ0v) is 28.5. The molecule has 244 valence electrons. The van der Waals surface area contributed by atoms with Crippen LogP contribution in [-0.2, 0) is 9.53 Å². The highest BCUT2D eigenvalue weighted by Crippen LogP contribution is 2.32. The van der Waals surface area contributed by atoms with E-state index in [-0.39, 0.29) is 11.9 Å². The summed E-state index contributed by atoms with van der Waals surface area (Å²) in [5, 5.41) is 0. The van der Waals surface area contributed by atoms with Gasteiger partial charge in [-0.25, -0.2) is 0 Å². The van der Waals surface area contributed by atoms with Gasteiger partial charge < -0.3 is 4.74 Å². The van der Waals surface area contributed by atoms with Gasteiger partial charge in [0, 0.05) is 0 Å². The molecule has 1 aliphatic rings. The number of ether oxygens (including phenoxy) is 1. The maximum absolute atomic E-state index is 11.9. The molecule has 1 fully saturated rings. The zero-order chi connectivity index (χ0) is 30.2. The maximum Gasteiger partial charge on any atom is 0.321 e. The van der Waals surface area contributed by atoms with E-state index in [1.54, 1.807) is 0 Å². The third-order valence-electron chi connectivity index (χ3n) is 8.91. The lowest BCUT2D eigenvalue weighted by molar-refractivity contribution is -0.157. The monoisotopic (exact) mass is 585 g/mol. The summed E-state index contributed by atoms with van der Waals surface area (Å²) in [6, 6.07) is 0. The number of allylic oxidation sites excluding steroid dienone is 5. The molecule has 0 aromatic rings. The standard InChI is InChI=1S/C40H72O2/c1-3-5-7-9-11-13-15-17-19-21-23-25-27-29-31-33-35-37-39-38(40(41)42-39)36-34-32-30-28-26-24-22-20-18-16-14-12-10-8-6-4-2/h17-20,37-38H,3-16,21-36H2,1-2H3/b19-17+,20-18+,39-37+. The molecule has 0 amide bonds. The summed E-state index contributed by atoms with van der Waals surface area (Å²) in [5.41, 5.74) is 0. The van der Waals surface area contributed by atoms with Crippen LogP contribution in [0.25, 0.3) is 0 Å². The van der Waals surface area contributed by atoms with Crippen molar-refractivity contribution >= 4 is 5.97 Å². The van der Waals surface area contributed by atoms with Crippen LogP contribution in [0.5, 0.6) is 0 Å². The molecule has 1 heterocycles. The first-order valence-electron chi connectivity index (χ1n) is 19.0. The summed E-state index contributed by atoms with van der Waals surface area (Å²) in [5.74, 6) is 1.05. The topological polar surface area (TPSA) is 26.3 Å². The lowest BCUT2D eigenvalue weighted by Crippen LogP contribution is -2.32. The minimum atomic E-state index is 0.00928. The van der Waals surface area contributed by atoms with Gasteiger partial charge in [-0.15, -0.1) is 0 Å². The largest absolute Gasteiger partial charge is 0.430 e. The van der Waals surface area contributed by atoms with Crippen LogP contribution in [0, 0.1) is 5.92 Å². The van der Waals surface area contributed by atoms with Crippen molar-refractivity contribution in [2.24, 2.45) is 5.92 Å². The van der Waals surface area contributed by atoms with E-state index < -0.39 is 0 Å². The van der Waals surface area contributed by atoms with E-state index in [1.807, 2.05) is 0 Å². The maximum atomic E-state index is 11.9. The molecule has 0 aromatic heterocycles. The molecule has 1 aliphatic heterocycles. The Balaban J connectivity index is 1.87. The van der Waals surface area contributed by atoms with E-state index in [0.717, 1.165) is 25.0 Å². The average Bonchev–Trinajstić information content (AvgIpc) is 2.99. The predicted octanol–water partition coefficient (Wildman–Crippen LogP) is 13.9. The van der Waals surface area contributed by atoms with Crippen LogP contribution in [0.2, 0.25) is 0 Å². The third-order valence-corrected chi connectivity index (χ3v) is 8.91. The molecule has 0 radical (unpaired) electrons. The Labute approximate surface area is 263 Å². The summed E-state index contributed by atoms with van der Waals surface area (Å²) in [6.07, 6.45) is 51.2. The minimum Gasteiger partial charge on any atom is -0.430 e. The Bertz CT molecular complexity index is 673. The number of cyclic esters (lactones) is 1. The lowest BCUT2D eigenvalue weighted by atomic mass is 9.93. The third kappa shape index (κ3) is 24.2. The fraction of sp³-hybridized carbons (Fsp3) is 0.825. The summed E-state index contributed by atoms with van der Waals surface area (Å²) in [6.45, 7) is 4.57. The highest BCUT2D eigenvalue weighted by atomic mass is 16.6. The first-order valence-corrected chi connectivity index (χ1v) is 19.0. The Morgan fingerprint density at radius 3 is 1.17 bits per heavy atom. The van der Waals surface area contributed by atoms with Gasteiger partial charge in [0.15, 0.2) is 0 Å². The summed E-state index contributed by atoms with van der Waals surface area (Å²) >= 11 is 0. The molecule has 0 spiro atoms. The van der Waals surface area contributed by atoms with Crippen LogP contribution in [0.3, 0.4) is 0 Å². The van der Waals surface area contributed by atoms with Crippen LogP contribution in [0.15, 0.2) is 36.1 Å². The molecule has 2 heteroatoms. The second-order valence-corrected chi connectivity index (χ2v) is 13.0. The SMILES string of the molecule is CCCCCCCC/C=C/CCCCCCCC/C=C1/OC(=O)C1CCCCCCCC/C=C/CCCCCCCC. The fourth-order valence-electron chi connectivity index (χ4n) is 5.99. The van der Waals surface area contributed by atoms with Crippen molar-refractivity contribution in [2.75, 3.05) is 0 Å². The molecule has 0 aromatic carbocycles. The van der Waals surface area contributed by atoms with Gasteiger partial charge in [-0.2, -0.15) is 0 Å². The quantitative estimate of drug-likeness (QED) is 0.0446. The molecule has 2 nitrogen and oxygen atoms in total. The average molecular weight is 585 g/mol. The molecule has 0 saturated carbocycles. The van der Waals surface area contributed by atoms with E-state index in [2.05, 4.69) is 44.2 Å². The van der Waals surface area contributed by atoms with Crippen LogP contribution in [0.4, 0.5) is 0 Å². The normalized spacial score (nSPS) is 16.2. The molecular formula is C40H72O2. The smallest absolute Gasteiger partial charge is 0.321 e. The first kappa shape index (κ1) is 38.7. The van der Waals surface area contributed by atoms with Crippen LogP contribution < -0.4 is 0 Å². The van der Waals surface area contributed by atoms with Gasteiger partial charge >= 0.3 is 5.97 Å². The minimum absolute atomic E-state index is 0.00928. The number of carbonyl (C=O) groups excluding carboxylic acids is 1. The number of rotatable bonds is 32. The van der Waals surface area contributed by atoms with Gasteiger partial charge in [-0.05, 0) is 76.7 Å². The first-order chi connectivity index (χ1) is 20.8. The predicted molar refractivity (Wildman–Crippen MR) is 186 cm³/mol. The highest BCUT2D eigenvalue weighted by Gasteiger charge is 2.36. The summed E-state index contributed by atoms with van der Waals surface area (Å²) in [7, 11) is 0. The molecule has 1 unspecified atom stereocenters. The number of esters is 1. The van der Waals surface area contributed by atoms with E-state index >= 15 is 0 Å². The Hall–Kier alpha value is -1.31. The zero-order valence-electron chi connectivity index (χ0n) is 28.5. The number of unbranched alkanes of at least 4 members (excludes halogenated alkanes) is 25. The Morgan fingerprint density at radius 1 is 0.452 bits per heavy atom. The van der Waals surface area contributed by atoms with E-state index in [0.29, 0.717) is 0 Å². The van der Waals surface area contributed by atoms with Crippen molar-refractivity contribution < 1.29 is 9.53 Å². The van der Waals surface area contributed by atoms with Gasteiger partial charge in [-0.1, -0.05) is 160 Å². The lowest BCUT2D eigenvalue weighted by Gasteiger charge is -2.28. The second-order valence-electron chi connectivity index (χ2n) is 13.0. The van der Waals surface area contributed by atoms with E-state index in [9.17, 15) is 4.79 Å². The van der Waals surface area contributed by atoms with Crippen LogP contribution >= 0.6 is 0 Å². The Kier molecular flexibility index (Phi) is 28.7. The van der Waals surface area contributed by atoms with Crippen molar-refractivity contribution in [2.45, 2.75) is 206 Å². The number of carbonyl (C=O) groups is 1. The van der Waals surface area contributed by atoms with E-state index in [1.165, 1.54) is 173 Å². The summed E-state index contributed by atoms with van der Waals surface area (Å²) in [4.78, 5) is 11.9. The molecule has 0 bridgehead atoms. The van der Waals surface area contributed by atoms with Gasteiger partial charge in [0.05, 0.1) is 0 Å². The molecule has 1 rings (SSSR count). The van der Waals surface area contributed by atoms with Gasteiger partial charge in [0.2, 0.25) is 0 Å². The van der Waals surface area contributed by atoms with Crippen molar-refractivity contribution in [1.82, 2.24) is 0 Å². The Morgan fingerprint density at radius 2 is 0.786 bits per heavy atom. The van der Waals surface area contributed by atoms with Crippen molar-refractivity contribution in [1.29, 1.82) is 0 Å². The van der Waals surface area contributed by atoms with E-state index in [4.69, 9.17) is 4.74 Å². The van der Waals surface area contributed by atoms with Crippen molar-refractivity contribution in [3.8, 4) is 0 Å². The summed E-state index contributed by atoms with van der Waals surface area (Å²) < 4.78 is 5.37. The highest BCUT2D eigenvalue weighted by molar-refractivity contribution is 5.82. The number of hydrogen-bond donors (Lipinski definition) is 0. The molecular weight excluding hydrogens is 512 g/mol. The molecule has 1 saturated heterocycles. The second kappa shape index (κ2) is 31.1. The molecule has 42 heavy (non-hydrogen) atoms. The number of hydrogen-bond acceptors (Lipinski definition) is 2. The van der Waals surface area contributed by atoms with Gasteiger partial charge in [0.25, 0.3) is 0 Å². The fourth-order valence-corrected chi connectivity index (χ4v) is 5.99. The molecule has 0 aliphatic carbocycles. The van der Waals surface area contributed by atoms with Crippen molar-refractivity contribution in [3.63, 3.8) is 0 Å². The van der Waals surface area contributed by atoms with Gasteiger partial charge in [-0.3, -0.25) is 4.79 Å². The van der Waals surface area contributed by atoms with Crippen molar-refractivity contribution in [3.05, 3.63) is 36.1 Å². The van der Waals surface area contributed by atoms with Crippen LogP contribution in [-0.4, -0.2) is 5.97 Å². The molecule has 0 N–H and O–H groups in total.